The summed E-state index contributed by atoms with van der Waals surface area (Å²) in [5.41, 5.74) is 1.69. The molecule has 1 aromatic heterocycles. The molecule has 0 radical (unpaired) electrons. The van der Waals surface area contributed by atoms with Crippen molar-refractivity contribution in [2.45, 2.75) is 6.92 Å². The third-order valence-electron chi connectivity index (χ3n) is 5.07. The number of fused-ring (bicyclic) bond motifs is 1. The van der Waals surface area contributed by atoms with Crippen LogP contribution in [-0.4, -0.2) is 50.3 Å². The molecule has 29 heavy (non-hydrogen) atoms. The molecule has 0 atom stereocenters. The van der Waals surface area contributed by atoms with Crippen LogP contribution in [0, 0.1) is 18.6 Å². The zero-order chi connectivity index (χ0) is 20.4. The number of rotatable bonds is 5. The summed E-state index contributed by atoms with van der Waals surface area (Å²) >= 11 is 1.13. The highest BCUT2D eigenvalue weighted by atomic mass is 32.1. The molecule has 1 aliphatic rings. The topological polar surface area (TPSA) is 46.9 Å². The first-order valence-electron chi connectivity index (χ1n) is 9.57. The number of carbonyl (C=O) groups excluding carboxylic acids is 1. The Morgan fingerprint density at radius 1 is 1.21 bits per heavy atom. The van der Waals surface area contributed by atoms with Gasteiger partial charge in [-0.05, 0) is 25.1 Å². The van der Waals surface area contributed by atoms with E-state index in [1.54, 1.807) is 17.0 Å². The van der Waals surface area contributed by atoms with Crippen molar-refractivity contribution in [3.63, 3.8) is 0 Å². The molecule has 0 aliphatic carbocycles. The first-order valence-corrected chi connectivity index (χ1v) is 10.4. The molecule has 1 saturated heterocycles. The number of morpholine rings is 1. The number of aryl methyl sites for hydroxylation is 1. The Morgan fingerprint density at radius 2 is 1.93 bits per heavy atom. The molecule has 5 nitrogen and oxygen atoms in total. The maximum Gasteiger partial charge on any atom is 0.260 e. The Morgan fingerprint density at radius 3 is 2.66 bits per heavy atom. The SMILES string of the molecule is Cc1ccc(C(=O)N(CC[NH+]2CCOCC2)c2nc3c(F)cc(F)cc3s2)cc1. The minimum Gasteiger partial charge on any atom is -0.370 e. The number of halogens is 2. The van der Waals surface area contributed by atoms with Gasteiger partial charge in [0.1, 0.15) is 24.4 Å². The van der Waals surface area contributed by atoms with E-state index >= 15 is 0 Å². The average molecular weight is 418 g/mol. The normalized spacial score (nSPS) is 15.0. The summed E-state index contributed by atoms with van der Waals surface area (Å²) in [6, 6.07) is 9.38. The van der Waals surface area contributed by atoms with Crippen molar-refractivity contribution >= 4 is 32.6 Å². The van der Waals surface area contributed by atoms with Gasteiger partial charge >= 0.3 is 0 Å². The van der Waals surface area contributed by atoms with Crippen LogP contribution in [0.4, 0.5) is 13.9 Å². The van der Waals surface area contributed by atoms with Crippen LogP contribution >= 0.6 is 11.3 Å². The Labute approximate surface area is 171 Å². The molecule has 4 rings (SSSR count). The summed E-state index contributed by atoms with van der Waals surface area (Å²) < 4.78 is 33.5. The van der Waals surface area contributed by atoms with E-state index in [1.807, 2.05) is 19.1 Å². The molecular formula is C21H22F2N3O2S+. The first-order chi connectivity index (χ1) is 14.0. The van der Waals surface area contributed by atoms with Crippen molar-refractivity contribution in [1.29, 1.82) is 0 Å². The van der Waals surface area contributed by atoms with E-state index < -0.39 is 11.6 Å². The minimum absolute atomic E-state index is 0.0897. The van der Waals surface area contributed by atoms with Crippen LogP contribution in [0.25, 0.3) is 10.2 Å². The average Bonchev–Trinajstić information content (AvgIpc) is 3.13. The summed E-state index contributed by atoms with van der Waals surface area (Å²) in [6.07, 6.45) is 0. The van der Waals surface area contributed by atoms with Gasteiger partial charge in [0, 0.05) is 11.6 Å². The van der Waals surface area contributed by atoms with E-state index in [0.717, 1.165) is 42.6 Å². The van der Waals surface area contributed by atoms with Gasteiger partial charge in [-0.3, -0.25) is 9.69 Å². The number of benzene rings is 2. The van der Waals surface area contributed by atoms with Gasteiger partial charge in [-0.25, -0.2) is 13.8 Å². The Bertz CT molecular complexity index is 1020. The number of hydrogen-bond acceptors (Lipinski definition) is 4. The highest BCUT2D eigenvalue weighted by Gasteiger charge is 2.25. The Hall–Kier alpha value is -2.42. The van der Waals surface area contributed by atoms with E-state index in [-0.39, 0.29) is 11.4 Å². The molecule has 1 aliphatic heterocycles. The second kappa shape index (κ2) is 8.52. The van der Waals surface area contributed by atoms with Crippen LogP contribution in [0.2, 0.25) is 0 Å². The van der Waals surface area contributed by atoms with Crippen molar-refractivity contribution < 1.29 is 23.2 Å². The summed E-state index contributed by atoms with van der Waals surface area (Å²) in [5.74, 6) is -1.57. The molecule has 1 N–H and O–H groups in total. The zero-order valence-electron chi connectivity index (χ0n) is 16.1. The van der Waals surface area contributed by atoms with E-state index in [0.29, 0.717) is 35.2 Å². The Kier molecular flexibility index (Phi) is 5.84. The van der Waals surface area contributed by atoms with Crippen molar-refractivity contribution in [3.05, 3.63) is 59.2 Å². The molecule has 2 aromatic carbocycles. The van der Waals surface area contributed by atoms with Crippen LogP contribution in [0.1, 0.15) is 15.9 Å². The number of ether oxygens (including phenoxy) is 1. The van der Waals surface area contributed by atoms with E-state index in [9.17, 15) is 13.6 Å². The minimum atomic E-state index is -0.718. The van der Waals surface area contributed by atoms with Gasteiger partial charge in [0.15, 0.2) is 10.9 Å². The second-order valence-corrected chi connectivity index (χ2v) is 8.18. The standard InChI is InChI=1S/C21H21F2N3O2S/c1-14-2-4-15(5-3-14)20(27)26(7-6-25-8-10-28-11-9-25)21-24-19-17(23)12-16(22)13-18(19)29-21/h2-5,12-13H,6-11H2,1H3/p+1. The van der Waals surface area contributed by atoms with Crippen LogP contribution in [0.15, 0.2) is 36.4 Å². The third kappa shape index (κ3) is 4.44. The fourth-order valence-corrected chi connectivity index (χ4v) is 4.41. The van der Waals surface area contributed by atoms with Gasteiger partial charge in [-0.15, -0.1) is 0 Å². The van der Waals surface area contributed by atoms with Crippen LogP contribution < -0.4 is 9.80 Å². The molecule has 152 valence electrons. The highest BCUT2D eigenvalue weighted by molar-refractivity contribution is 7.22. The highest BCUT2D eigenvalue weighted by Crippen LogP contribution is 2.31. The summed E-state index contributed by atoms with van der Waals surface area (Å²) in [4.78, 5) is 20.5. The fraction of sp³-hybridized carbons (Fsp3) is 0.333. The lowest BCUT2D eigenvalue weighted by molar-refractivity contribution is -0.906. The van der Waals surface area contributed by atoms with E-state index in [1.165, 1.54) is 11.0 Å². The number of hydrogen-bond donors (Lipinski definition) is 1. The third-order valence-corrected chi connectivity index (χ3v) is 6.09. The smallest absolute Gasteiger partial charge is 0.260 e. The molecule has 1 amide bonds. The van der Waals surface area contributed by atoms with Crippen LogP contribution in [0.3, 0.4) is 0 Å². The molecule has 3 aromatic rings. The number of nitrogens with one attached hydrogen (secondary N) is 1. The van der Waals surface area contributed by atoms with Gasteiger partial charge in [0.25, 0.3) is 5.91 Å². The lowest BCUT2D eigenvalue weighted by Crippen LogP contribution is -3.14. The maximum absolute atomic E-state index is 14.2. The molecule has 0 bridgehead atoms. The number of quaternary nitrogens is 1. The second-order valence-electron chi connectivity index (χ2n) is 7.17. The predicted molar refractivity (Wildman–Crippen MR) is 109 cm³/mol. The maximum atomic E-state index is 14.2. The van der Waals surface area contributed by atoms with Crippen molar-refractivity contribution in [1.82, 2.24) is 4.98 Å². The predicted octanol–water partition coefficient (Wildman–Crippen LogP) is 2.44. The summed E-state index contributed by atoms with van der Waals surface area (Å²) in [7, 11) is 0. The molecule has 0 saturated carbocycles. The molecule has 2 heterocycles. The van der Waals surface area contributed by atoms with E-state index in [2.05, 4.69) is 4.98 Å². The molecule has 0 spiro atoms. The number of nitrogens with zero attached hydrogens (tertiary/aromatic N) is 2. The van der Waals surface area contributed by atoms with Gasteiger partial charge < -0.3 is 9.64 Å². The molecule has 8 heteroatoms. The van der Waals surface area contributed by atoms with E-state index in [4.69, 9.17) is 4.74 Å². The largest absolute Gasteiger partial charge is 0.370 e. The van der Waals surface area contributed by atoms with Crippen molar-refractivity contribution in [3.8, 4) is 0 Å². The number of thiazole rings is 1. The number of anilines is 1. The lowest BCUT2D eigenvalue weighted by atomic mass is 10.1. The number of carbonyl (C=O) groups is 1. The summed E-state index contributed by atoms with van der Waals surface area (Å²) in [6.45, 7) is 6.29. The van der Waals surface area contributed by atoms with Crippen LogP contribution in [-0.2, 0) is 4.74 Å². The monoisotopic (exact) mass is 418 g/mol. The quantitative estimate of drug-likeness (QED) is 0.693. The molecule has 1 fully saturated rings. The zero-order valence-corrected chi connectivity index (χ0v) is 16.9. The summed E-state index contributed by atoms with van der Waals surface area (Å²) in [5, 5.41) is 0.378. The van der Waals surface area contributed by atoms with Crippen LogP contribution in [0.5, 0.6) is 0 Å². The van der Waals surface area contributed by atoms with Gasteiger partial charge in [0.05, 0.1) is 31.0 Å². The first kappa shape index (κ1) is 19.9. The van der Waals surface area contributed by atoms with Crippen molar-refractivity contribution in [2.24, 2.45) is 0 Å². The van der Waals surface area contributed by atoms with Crippen molar-refractivity contribution in [2.75, 3.05) is 44.3 Å². The lowest BCUT2D eigenvalue weighted by Gasteiger charge is -2.27. The molecular weight excluding hydrogens is 396 g/mol. The van der Waals surface area contributed by atoms with Gasteiger partial charge in [0.2, 0.25) is 0 Å². The van der Waals surface area contributed by atoms with Gasteiger partial charge in [-0.1, -0.05) is 29.0 Å². The number of amides is 1. The number of aromatic nitrogens is 1. The van der Waals surface area contributed by atoms with Gasteiger partial charge in [-0.2, -0.15) is 0 Å². The fourth-order valence-electron chi connectivity index (χ4n) is 3.38. The Balaban J connectivity index is 1.66. The molecule has 0 unspecified atom stereocenters.